The van der Waals surface area contributed by atoms with E-state index in [0.717, 1.165) is 6.07 Å². The fourth-order valence-corrected chi connectivity index (χ4v) is 3.93. The molecule has 2 N–H and O–H groups in total. The average Bonchev–Trinajstić information content (AvgIpc) is 2.92. The van der Waals surface area contributed by atoms with Crippen molar-refractivity contribution in [2.45, 2.75) is 18.0 Å². The first-order valence-corrected chi connectivity index (χ1v) is 8.55. The summed E-state index contributed by atoms with van der Waals surface area (Å²) in [6.07, 6.45) is 1.53. The number of aliphatic hydroxyl groups excluding tert-OH is 1. The third-order valence-electron chi connectivity index (χ3n) is 2.46. The lowest BCUT2D eigenvalue weighted by Gasteiger charge is -2.10. The number of hydrogen-bond donors (Lipinski definition) is 2. The van der Waals surface area contributed by atoms with Crippen LogP contribution in [0.2, 0.25) is 0 Å². The highest BCUT2D eigenvalue weighted by Gasteiger charge is 2.22. The number of nitrogens with one attached hydrogen (secondary N) is 1. The third-order valence-corrected chi connectivity index (χ3v) is 5.10. The Balaban J connectivity index is 2.31. The second kappa shape index (κ2) is 6.27. The van der Waals surface area contributed by atoms with E-state index >= 15 is 0 Å². The molecule has 0 bridgehead atoms. The van der Waals surface area contributed by atoms with E-state index in [-0.39, 0.29) is 12.1 Å². The van der Waals surface area contributed by atoms with Crippen LogP contribution in [0, 0.1) is 5.82 Å². The van der Waals surface area contributed by atoms with Gasteiger partial charge in [0.2, 0.25) is 10.0 Å². The summed E-state index contributed by atoms with van der Waals surface area (Å²) in [4.78, 5) is 4.04. The Hall–Kier alpha value is -0.870. The molecule has 1 aromatic carbocycles. The van der Waals surface area contributed by atoms with E-state index in [1.165, 1.54) is 23.6 Å². The average molecular weight is 381 g/mol. The van der Waals surface area contributed by atoms with Crippen LogP contribution < -0.4 is 4.72 Å². The smallest absolute Gasteiger partial charge is 0.243 e. The normalized spacial score (nSPS) is 11.8. The maximum Gasteiger partial charge on any atom is 0.243 e. The fraction of sp³-hybridized carbons (Fsp3) is 0.182. The molecule has 2 rings (SSSR count). The summed E-state index contributed by atoms with van der Waals surface area (Å²) >= 11 is 4.39. The van der Waals surface area contributed by atoms with E-state index in [1.54, 1.807) is 5.51 Å². The van der Waals surface area contributed by atoms with Crippen LogP contribution in [0.4, 0.5) is 4.39 Å². The first-order valence-electron chi connectivity index (χ1n) is 5.40. The Bertz CT molecular complexity index is 705. The summed E-state index contributed by atoms with van der Waals surface area (Å²) < 4.78 is 40.9. The van der Waals surface area contributed by atoms with Gasteiger partial charge < -0.3 is 5.11 Å². The monoisotopic (exact) mass is 380 g/mol. The Morgan fingerprint density at radius 2 is 2.20 bits per heavy atom. The number of rotatable bonds is 5. The highest BCUT2D eigenvalue weighted by molar-refractivity contribution is 9.10. The molecule has 2 aromatic rings. The lowest BCUT2D eigenvalue weighted by atomic mass is 10.2. The van der Waals surface area contributed by atoms with Crippen molar-refractivity contribution in [1.29, 1.82) is 0 Å². The number of halogens is 2. The molecule has 0 amide bonds. The Kier molecular flexibility index (Phi) is 4.86. The van der Waals surface area contributed by atoms with Crippen molar-refractivity contribution in [2.75, 3.05) is 0 Å². The maximum atomic E-state index is 14.0. The van der Waals surface area contributed by atoms with Gasteiger partial charge in [-0.05, 0) is 12.1 Å². The zero-order valence-electron chi connectivity index (χ0n) is 10.0. The minimum atomic E-state index is -4.01. The molecule has 0 aliphatic rings. The number of aliphatic hydroxyl groups is 1. The molecule has 5 nitrogen and oxygen atoms in total. The van der Waals surface area contributed by atoms with E-state index in [4.69, 9.17) is 5.11 Å². The summed E-state index contributed by atoms with van der Waals surface area (Å²) in [5, 5.41) is 9.03. The first-order chi connectivity index (χ1) is 9.44. The predicted molar refractivity (Wildman–Crippen MR) is 76.2 cm³/mol. The van der Waals surface area contributed by atoms with E-state index in [9.17, 15) is 12.8 Å². The lowest BCUT2D eigenvalue weighted by molar-refractivity contribution is 0.274. The van der Waals surface area contributed by atoms with Crippen LogP contribution in [0.15, 0.2) is 33.2 Å². The molecule has 0 unspecified atom stereocenters. The summed E-state index contributed by atoms with van der Waals surface area (Å²) in [7, 11) is -4.01. The molecule has 108 valence electrons. The fourth-order valence-electron chi connectivity index (χ4n) is 1.50. The molecule has 0 saturated heterocycles. The molecule has 0 saturated carbocycles. The van der Waals surface area contributed by atoms with Gasteiger partial charge in [-0.25, -0.2) is 17.5 Å². The molecule has 0 radical (unpaired) electrons. The largest absolute Gasteiger partial charge is 0.392 e. The lowest BCUT2D eigenvalue weighted by Crippen LogP contribution is -2.24. The highest BCUT2D eigenvalue weighted by atomic mass is 79.9. The van der Waals surface area contributed by atoms with Crippen LogP contribution in [0.3, 0.4) is 0 Å². The number of hydrogen-bond acceptors (Lipinski definition) is 5. The maximum absolute atomic E-state index is 14.0. The molecular formula is C11H10BrFN2O3S2. The van der Waals surface area contributed by atoms with Gasteiger partial charge in [0.15, 0.2) is 0 Å². The molecule has 20 heavy (non-hydrogen) atoms. The number of thiazole rings is 1. The minimum Gasteiger partial charge on any atom is -0.392 e. The van der Waals surface area contributed by atoms with Crippen LogP contribution in [0.5, 0.6) is 0 Å². The number of sulfonamides is 1. The van der Waals surface area contributed by atoms with Gasteiger partial charge in [0.25, 0.3) is 0 Å². The number of benzene rings is 1. The minimum absolute atomic E-state index is 0.0351. The Labute approximate surface area is 127 Å². The molecule has 0 atom stereocenters. The zero-order valence-corrected chi connectivity index (χ0v) is 13.2. The van der Waals surface area contributed by atoms with Crippen molar-refractivity contribution < 1.29 is 17.9 Å². The Morgan fingerprint density at radius 1 is 1.45 bits per heavy atom. The van der Waals surface area contributed by atoms with Crippen molar-refractivity contribution in [3.63, 3.8) is 0 Å². The van der Waals surface area contributed by atoms with Gasteiger partial charge >= 0.3 is 0 Å². The van der Waals surface area contributed by atoms with Crippen molar-refractivity contribution in [3.8, 4) is 0 Å². The van der Waals surface area contributed by atoms with Crippen molar-refractivity contribution >= 4 is 37.3 Å². The van der Waals surface area contributed by atoms with Crippen molar-refractivity contribution in [1.82, 2.24) is 9.71 Å². The summed E-state index contributed by atoms with van der Waals surface area (Å²) in [6, 6.07) is 2.49. The van der Waals surface area contributed by atoms with E-state index in [1.807, 2.05) is 0 Å². The predicted octanol–water partition coefficient (Wildman–Crippen LogP) is 2.02. The molecule has 0 fully saturated rings. The van der Waals surface area contributed by atoms with Crippen LogP contribution >= 0.6 is 27.3 Å². The van der Waals surface area contributed by atoms with Gasteiger partial charge in [-0.2, -0.15) is 0 Å². The second-order valence-corrected chi connectivity index (χ2v) is 7.45. The quantitative estimate of drug-likeness (QED) is 0.831. The SMILES string of the molecule is O=S(=O)(NCc1cncs1)c1cc(Br)cc(CO)c1F. The molecule has 0 spiro atoms. The molecule has 1 aromatic heterocycles. The van der Waals surface area contributed by atoms with Gasteiger partial charge in [-0.3, -0.25) is 4.98 Å². The van der Waals surface area contributed by atoms with E-state index < -0.39 is 27.3 Å². The van der Waals surface area contributed by atoms with Crippen molar-refractivity contribution in [3.05, 3.63) is 44.6 Å². The van der Waals surface area contributed by atoms with Crippen LogP contribution in [0.1, 0.15) is 10.4 Å². The summed E-state index contributed by atoms with van der Waals surface area (Å²) in [6.45, 7) is -0.546. The second-order valence-electron chi connectivity index (χ2n) is 3.83. The number of aromatic nitrogens is 1. The topological polar surface area (TPSA) is 79.3 Å². The van der Waals surface area contributed by atoms with Crippen molar-refractivity contribution in [2.24, 2.45) is 0 Å². The summed E-state index contributed by atoms with van der Waals surface area (Å²) in [5.41, 5.74) is 1.49. The van der Waals surface area contributed by atoms with Gasteiger partial charge in [-0.1, -0.05) is 15.9 Å². The van der Waals surface area contributed by atoms with Crippen LogP contribution in [0.25, 0.3) is 0 Å². The van der Waals surface area contributed by atoms with E-state index in [2.05, 4.69) is 25.6 Å². The standard InChI is InChI=1S/C11H10BrFN2O3S2/c12-8-1-7(5-16)11(13)10(2-8)20(17,18)15-4-9-3-14-6-19-9/h1-3,6,15-16H,4-5H2. The zero-order chi connectivity index (χ0) is 14.8. The van der Waals surface area contributed by atoms with Gasteiger partial charge in [-0.15, -0.1) is 11.3 Å². The molecule has 9 heteroatoms. The molecular weight excluding hydrogens is 371 g/mol. The van der Waals surface area contributed by atoms with Gasteiger partial charge in [0.05, 0.1) is 12.1 Å². The first kappa shape index (κ1) is 15.5. The third kappa shape index (κ3) is 3.41. The van der Waals surface area contributed by atoms with Gasteiger partial charge in [0.1, 0.15) is 10.7 Å². The molecule has 0 aliphatic heterocycles. The summed E-state index contributed by atoms with van der Waals surface area (Å²) in [5.74, 6) is -0.951. The highest BCUT2D eigenvalue weighted by Crippen LogP contribution is 2.24. The number of nitrogens with zero attached hydrogens (tertiary/aromatic N) is 1. The van der Waals surface area contributed by atoms with Gasteiger partial charge in [0, 0.05) is 27.7 Å². The van der Waals surface area contributed by atoms with Crippen LogP contribution in [-0.4, -0.2) is 18.5 Å². The van der Waals surface area contributed by atoms with E-state index in [0.29, 0.717) is 9.35 Å². The van der Waals surface area contributed by atoms with Crippen LogP contribution in [-0.2, 0) is 23.2 Å². The molecule has 0 aliphatic carbocycles. The Morgan fingerprint density at radius 3 is 2.80 bits per heavy atom. The molecule has 1 heterocycles.